The van der Waals surface area contributed by atoms with E-state index in [1.807, 2.05) is 0 Å². The number of nitrogens with one attached hydrogen (secondary N) is 1. The standard InChI is InChI=1S/C15H11FN2O/c16-14-8-2-1-5-12(14)6-4-10-18-15(19)13-7-3-9-17-11-13/h1-3,5,7-9,11H,10H2,(H,18,19). The highest BCUT2D eigenvalue weighted by molar-refractivity contribution is 5.93. The van der Waals surface area contributed by atoms with Gasteiger partial charge in [0.2, 0.25) is 0 Å². The van der Waals surface area contributed by atoms with Crippen LogP contribution in [0.4, 0.5) is 4.39 Å². The number of nitrogens with zero attached hydrogens (tertiary/aromatic N) is 1. The van der Waals surface area contributed by atoms with Crippen molar-refractivity contribution >= 4 is 5.91 Å². The van der Waals surface area contributed by atoms with E-state index in [2.05, 4.69) is 22.1 Å². The molecule has 0 saturated carbocycles. The van der Waals surface area contributed by atoms with E-state index < -0.39 is 0 Å². The minimum Gasteiger partial charge on any atom is -0.341 e. The fourth-order valence-electron chi connectivity index (χ4n) is 1.43. The van der Waals surface area contributed by atoms with E-state index in [1.165, 1.54) is 12.3 Å². The van der Waals surface area contributed by atoms with Crippen LogP contribution in [-0.4, -0.2) is 17.4 Å². The average Bonchev–Trinajstić information content (AvgIpc) is 2.46. The minimum atomic E-state index is -0.367. The van der Waals surface area contributed by atoms with Crippen LogP contribution in [0, 0.1) is 17.7 Å². The smallest absolute Gasteiger partial charge is 0.253 e. The van der Waals surface area contributed by atoms with E-state index in [0.29, 0.717) is 11.1 Å². The summed E-state index contributed by atoms with van der Waals surface area (Å²) in [6.07, 6.45) is 3.06. The number of hydrogen-bond donors (Lipinski definition) is 1. The van der Waals surface area contributed by atoms with Crippen molar-refractivity contribution in [2.75, 3.05) is 6.54 Å². The van der Waals surface area contributed by atoms with Gasteiger partial charge in [-0.3, -0.25) is 9.78 Å². The second-order valence-electron chi connectivity index (χ2n) is 3.71. The number of halogens is 1. The Balaban J connectivity index is 1.92. The molecular formula is C15H11FN2O. The van der Waals surface area contributed by atoms with E-state index in [1.54, 1.807) is 36.5 Å². The van der Waals surface area contributed by atoms with Gasteiger partial charge in [-0.2, -0.15) is 0 Å². The quantitative estimate of drug-likeness (QED) is 0.833. The molecule has 0 saturated heterocycles. The number of pyridine rings is 1. The molecule has 0 aliphatic carbocycles. The maximum Gasteiger partial charge on any atom is 0.253 e. The van der Waals surface area contributed by atoms with Crippen LogP contribution in [0.25, 0.3) is 0 Å². The molecule has 0 spiro atoms. The predicted octanol–water partition coefficient (Wildman–Crippen LogP) is 2.00. The molecule has 4 heteroatoms. The molecule has 1 heterocycles. The van der Waals surface area contributed by atoms with Crippen LogP contribution in [0.2, 0.25) is 0 Å². The van der Waals surface area contributed by atoms with E-state index in [4.69, 9.17) is 0 Å². The molecule has 2 rings (SSSR count). The second-order valence-corrected chi connectivity index (χ2v) is 3.71. The first-order valence-corrected chi connectivity index (χ1v) is 5.69. The normalized spacial score (nSPS) is 9.32. The van der Waals surface area contributed by atoms with Crippen molar-refractivity contribution in [2.45, 2.75) is 0 Å². The van der Waals surface area contributed by atoms with Crippen LogP contribution in [0.15, 0.2) is 48.8 Å². The number of carbonyl (C=O) groups excluding carboxylic acids is 1. The monoisotopic (exact) mass is 254 g/mol. The van der Waals surface area contributed by atoms with Gasteiger partial charge in [0.05, 0.1) is 17.7 Å². The Morgan fingerprint density at radius 3 is 2.84 bits per heavy atom. The van der Waals surface area contributed by atoms with Crippen LogP contribution < -0.4 is 5.32 Å². The number of carbonyl (C=O) groups is 1. The molecule has 1 N–H and O–H groups in total. The van der Waals surface area contributed by atoms with E-state index in [9.17, 15) is 9.18 Å². The maximum absolute atomic E-state index is 13.2. The van der Waals surface area contributed by atoms with Gasteiger partial charge in [-0.05, 0) is 24.3 Å². The first kappa shape index (κ1) is 12.8. The van der Waals surface area contributed by atoms with E-state index in [-0.39, 0.29) is 18.3 Å². The van der Waals surface area contributed by atoms with E-state index in [0.717, 1.165) is 0 Å². The van der Waals surface area contributed by atoms with Crippen molar-refractivity contribution < 1.29 is 9.18 Å². The number of aromatic nitrogens is 1. The minimum absolute atomic E-state index is 0.155. The molecule has 1 amide bonds. The second kappa shape index (κ2) is 6.31. The van der Waals surface area contributed by atoms with Crippen LogP contribution in [0.3, 0.4) is 0 Å². The summed E-state index contributed by atoms with van der Waals surface area (Å²) in [5, 5.41) is 2.61. The number of rotatable bonds is 2. The molecule has 0 aliphatic rings. The summed E-state index contributed by atoms with van der Waals surface area (Å²) < 4.78 is 13.2. The van der Waals surface area contributed by atoms with Crippen LogP contribution >= 0.6 is 0 Å². The average molecular weight is 254 g/mol. The molecule has 0 bridgehead atoms. The largest absolute Gasteiger partial charge is 0.341 e. The lowest BCUT2D eigenvalue weighted by atomic mass is 10.2. The lowest BCUT2D eigenvalue weighted by Crippen LogP contribution is -2.23. The summed E-state index contributed by atoms with van der Waals surface area (Å²) in [5.41, 5.74) is 0.785. The molecule has 1 aromatic heterocycles. The summed E-state index contributed by atoms with van der Waals surface area (Å²) in [5.74, 6) is 4.74. The zero-order valence-electron chi connectivity index (χ0n) is 10.1. The molecule has 0 fully saturated rings. The summed E-state index contributed by atoms with van der Waals surface area (Å²) in [7, 11) is 0. The molecule has 0 radical (unpaired) electrons. The van der Waals surface area contributed by atoms with Crippen molar-refractivity contribution in [3.63, 3.8) is 0 Å². The van der Waals surface area contributed by atoms with E-state index >= 15 is 0 Å². The summed E-state index contributed by atoms with van der Waals surface area (Å²) >= 11 is 0. The molecule has 0 unspecified atom stereocenters. The number of hydrogen-bond acceptors (Lipinski definition) is 2. The van der Waals surface area contributed by atoms with Gasteiger partial charge in [-0.25, -0.2) is 4.39 Å². The van der Waals surface area contributed by atoms with Gasteiger partial charge in [0.25, 0.3) is 5.91 Å². The molecule has 0 atom stereocenters. The maximum atomic E-state index is 13.2. The SMILES string of the molecule is O=C(NCC#Cc1ccccc1F)c1cccnc1. The van der Waals surface area contributed by atoms with Gasteiger partial charge >= 0.3 is 0 Å². The fraction of sp³-hybridized carbons (Fsp3) is 0.0667. The van der Waals surface area contributed by atoms with Crippen molar-refractivity contribution in [1.82, 2.24) is 10.3 Å². The molecule has 2 aromatic rings. The number of benzene rings is 1. The summed E-state index contributed by atoms with van der Waals surface area (Å²) in [6.45, 7) is 0.155. The van der Waals surface area contributed by atoms with Gasteiger partial charge in [0, 0.05) is 12.4 Å². The van der Waals surface area contributed by atoms with Gasteiger partial charge in [-0.15, -0.1) is 0 Å². The van der Waals surface area contributed by atoms with Gasteiger partial charge in [0.15, 0.2) is 0 Å². The Labute approximate surface area is 110 Å². The Hall–Kier alpha value is -2.67. The fourth-order valence-corrected chi connectivity index (χ4v) is 1.43. The Bertz CT molecular complexity index is 629. The van der Waals surface area contributed by atoms with Gasteiger partial charge in [-0.1, -0.05) is 24.0 Å². The lowest BCUT2D eigenvalue weighted by molar-refractivity contribution is 0.0958. The predicted molar refractivity (Wildman–Crippen MR) is 69.8 cm³/mol. The summed E-state index contributed by atoms with van der Waals surface area (Å²) in [4.78, 5) is 15.5. The highest BCUT2D eigenvalue weighted by Gasteiger charge is 2.02. The molecule has 0 aliphatic heterocycles. The Morgan fingerprint density at radius 1 is 1.26 bits per heavy atom. The third-order valence-electron chi connectivity index (χ3n) is 2.36. The zero-order valence-corrected chi connectivity index (χ0v) is 10.1. The Morgan fingerprint density at radius 2 is 2.11 bits per heavy atom. The summed E-state index contributed by atoms with van der Waals surface area (Å²) in [6, 6.07) is 9.59. The Kier molecular flexibility index (Phi) is 4.25. The topological polar surface area (TPSA) is 42.0 Å². The van der Waals surface area contributed by atoms with Crippen LogP contribution in [0.1, 0.15) is 15.9 Å². The zero-order chi connectivity index (χ0) is 13.5. The first-order chi connectivity index (χ1) is 9.27. The number of amides is 1. The first-order valence-electron chi connectivity index (χ1n) is 5.69. The van der Waals surface area contributed by atoms with Gasteiger partial charge < -0.3 is 5.32 Å². The highest BCUT2D eigenvalue weighted by Crippen LogP contribution is 2.03. The van der Waals surface area contributed by atoms with Crippen molar-refractivity contribution in [2.24, 2.45) is 0 Å². The van der Waals surface area contributed by atoms with Crippen molar-refractivity contribution in [3.05, 3.63) is 65.7 Å². The van der Waals surface area contributed by atoms with Crippen molar-refractivity contribution in [1.29, 1.82) is 0 Å². The van der Waals surface area contributed by atoms with Crippen molar-refractivity contribution in [3.8, 4) is 11.8 Å². The molecule has 3 nitrogen and oxygen atoms in total. The molecule has 94 valence electrons. The highest BCUT2D eigenvalue weighted by atomic mass is 19.1. The van der Waals surface area contributed by atoms with Crippen LogP contribution in [0.5, 0.6) is 0 Å². The third-order valence-corrected chi connectivity index (χ3v) is 2.36. The molecule has 1 aromatic carbocycles. The third kappa shape index (κ3) is 3.65. The molecule has 19 heavy (non-hydrogen) atoms. The lowest BCUT2D eigenvalue weighted by Gasteiger charge is -1.99. The van der Waals surface area contributed by atoms with Gasteiger partial charge in [0.1, 0.15) is 5.82 Å². The van der Waals surface area contributed by atoms with Crippen LogP contribution in [-0.2, 0) is 0 Å². The molecular weight excluding hydrogens is 243 g/mol.